The Kier molecular flexibility index (Phi) is 5.77. The number of hydrogen-bond acceptors (Lipinski definition) is 1. The van der Waals surface area contributed by atoms with E-state index in [0.29, 0.717) is 11.8 Å². The zero-order valence-corrected chi connectivity index (χ0v) is 14.9. The maximum atomic E-state index is 4.68. The molecule has 0 fully saturated rings. The van der Waals surface area contributed by atoms with Crippen LogP contribution < -0.4 is 0 Å². The van der Waals surface area contributed by atoms with Gasteiger partial charge in [0.05, 0.1) is 11.9 Å². The Morgan fingerprint density at radius 2 is 1.50 bits per heavy atom. The molecule has 0 unspecified atom stereocenters. The zero-order chi connectivity index (χ0) is 15.3. The summed E-state index contributed by atoms with van der Waals surface area (Å²) < 4.78 is 0. The van der Waals surface area contributed by atoms with Gasteiger partial charge in [-0.1, -0.05) is 71.5 Å². The lowest BCUT2D eigenvalue weighted by Crippen LogP contribution is -2.16. The van der Waals surface area contributed by atoms with E-state index in [-0.39, 0.29) is 0 Å². The minimum Gasteiger partial charge on any atom is -0.247 e. The van der Waals surface area contributed by atoms with Crippen LogP contribution in [-0.2, 0) is 0 Å². The van der Waals surface area contributed by atoms with Crippen molar-refractivity contribution in [3.63, 3.8) is 0 Å². The molecule has 0 heterocycles. The average molecular weight is 286 g/mol. The molecule has 0 aliphatic heterocycles. The Hall–Kier alpha value is -1.33. The molecule has 0 bridgehead atoms. The van der Waals surface area contributed by atoms with E-state index in [1.165, 1.54) is 11.1 Å². The van der Waals surface area contributed by atoms with Gasteiger partial charge in [-0.3, -0.25) is 0 Å². The smallest absolute Gasteiger partial charge is 0.129 e. The van der Waals surface area contributed by atoms with E-state index in [2.05, 4.69) is 82.0 Å². The van der Waals surface area contributed by atoms with Crippen LogP contribution >= 0.6 is 0 Å². The summed E-state index contributed by atoms with van der Waals surface area (Å²) in [5.41, 5.74) is 7.06. The molecule has 1 aromatic rings. The van der Waals surface area contributed by atoms with E-state index >= 15 is 0 Å². The number of rotatable bonds is 3. The molecular weight excluding hydrogens is 258 g/mol. The van der Waals surface area contributed by atoms with Gasteiger partial charge >= 0.3 is 0 Å². The molecule has 1 aromatic carbocycles. The highest BCUT2D eigenvalue weighted by Gasteiger charge is 2.12. The highest BCUT2D eigenvalue weighted by molar-refractivity contribution is 6.84. The molecule has 0 atom stereocenters. The van der Waals surface area contributed by atoms with E-state index in [9.17, 15) is 0 Å². The molecule has 1 nitrogen and oxygen atoms in total. The summed E-state index contributed by atoms with van der Waals surface area (Å²) in [6.07, 6.45) is 1.78. The molecule has 2 heteroatoms. The first-order valence-electron chi connectivity index (χ1n) is 7.40. The van der Waals surface area contributed by atoms with Gasteiger partial charge in [-0.15, -0.1) is 5.54 Å². The lowest BCUT2D eigenvalue weighted by Gasteiger charge is -2.15. The van der Waals surface area contributed by atoms with Gasteiger partial charge in [0.2, 0.25) is 0 Å². The second-order valence-corrected chi connectivity index (χ2v) is 11.6. The van der Waals surface area contributed by atoms with Crippen molar-refractivity contribution in [2.24, 2.45) is 4.99 Å². The first kappa shape index (κ1) is 16.7. The SMILES string of the molecule is CC(C)c1cccc(C(C)C)c1N=CC#C[Si](C)(C)C. The highest BCUT2D eigenvalue weighted by atomic mass is 28.3. The normalized spacial score (nSPS) is 12.1. The lowest BCUT2D eigenvalue weighted by molar-refractivity contribution is 0.835. The Bertz CT molecular complexity index is 511. The van der Waals surface area contributed by atoms with Crippen LogP contribution in [0.5, 0.6) is 0 Å². The Balaban J connectivity index is 3.20. The van der Waals surface area contributed by atoms with Gasteiger partial charge in [-0.05, 0) is 23.0 Å². The summed E-state index contributed by atoms with van der Waals surface area (Å²) in [5, 5.41) is 0. The maximum absolute atomic E-state index is 4.68. The molecular formula is C18H27NSi. The Morgan fingerprint density at radius 1 is 1.00 bits per heavy atom. The van der Waals surface area contributed by atoms with Crippen LogP contribution in [0.4, 0.5) is 5.69 Å². The molecule has 0 saturated heterocycles. The summed E-state index contributed by atoms with van der Waals surface area (Å²) in [4.78, 5) is 4.68. The molecule has 0 aliphatic carbocycles. The van der Waals surface area contributed by atoms with Crippen molar-refractivity contribution in [1.29, 1.82) is 0 Å². The summed E-state index contributed by atoms with van der Waals surface area (Å²) in [6.45, 7) is 15.6. The van der Waals surface area contributed by atoms with Gasteiger partial charge in [0, 0.05) is 0 Å². The number of hydrogen-bond donors (Lipinski definition) is 0. The van der Waals surface area contributed by atoms with Gasteiger partial charge in [0.25, 0.3) is 0 Å². The molecule has 108 valence electrons. The van der Waals surface area contributed by atoms with Crippen LogP contribution in [0, 0.1) is 11.5 Å². The van der Waals surface area contributed by atoms with Crippen LogP contribution in [0.15, 0.2) is 23.2 Å². The third-order valence-electron chi connectivity index (χ3n) is 3.05. The van der Waals surface area contributed by atoms with E-state index in [0.717, 1.165) is 5.69 Å². The first-order valence-corrected chi connectivity index (χ1v) is 10.9. The minimum atomic E-state index is -1.32. The van der Waals surface area contributed by atoms with Crippen molar-refractivity contribution in [3.05, 3.63) is 29.3 Å². The standard InChI is InChI=1S/C18H27NSi/c1-14(2)16-10-8-11-17(15(3)4)18(16)19-12-9-13-20(5,6)7/h8,10-12,14-15H,1-7H3. The molecule has 1 rings (SSSR count). The van der Waals surface area contributed by atoms with Gasteiger partial charge in [-0.25, -0.2) is 4.99 Å². The van der Waals surface area contributed by atoms with Gasteiger partial charge < -0.3 is 0 Å². The second-order valence-electron chi connectivity index (χ2n) is 6.87. The molecule has 0 aliphatic rings. The van der Waals surface area contributed by atoms with Crippen molar-refractivity contribution < 1.29 is 0 Å². The van der Waals surface area contributed by atoms with Gasteiger partial charge in [0.15, 0.2) is 0 Å². The van der Waals surface area contributed by atoms with Crippen LogP contribution in [0.1, 0.15) is 50.7 Å². The van der Waals surface area contributed by atoms with Gasteiger partial charge in [-0.2, -0.15) is 0 Å². The molecule has 0 radical (unpaired) electrons. The highest BCUT2D eigenvalue weighted by Crippen LogP contribution is 2.34. The molecule has 0 amide bonds. The summed E-state index contributed by atoms with van der Waals surface area (Å²) >= 11 is 0. The number of benzene rings is 1. The summed E-state index contributed by atoms with van der Waals surface area (Å²) in [7, 11) is -1.32. The van der Waals surface area contributed by atoms with Crippen molar-refractivity contribution in [3.8, 4) is 11.5 Å². The van der Waals surface area contributed by atoms with Crippen molar-refractivity contribution >= 4 is 20.0 Å². The quantitative estimate of drug-likeness (QED) is 0.394. The van der Waals surface area contributed by atoms with Crippen LogP contribution in [0.3, 0.4) is 0 Å². The maximum Gasteiger partial charge on any atom is 0.129 e. The van der Waals surface area contributed by atoms with Crippen molar-refractivity contribution in [2.45, 2.75) is 59.2 Å². The molecule has 20 heavy (non-hydrogen) atoms. The van der Waals surface area contributed by atoms with E-state index < -0.39 is 8.07 Å². The number of nitrogens with zero attached hydrogens (tertiary/aromatic N) is 1. The van der Waals surface area contributed by atoms with Crippen molar-refractivity contribution in [1.82, 2.24) is 0 Å². The topological polar surface area (TPSA) is 12.4 Å². The van der Waals surface area contributed by atoms with E-state index in [4.69, 9.17) is 0 Å². The number of aliphatic imine (C=N–C) groups is 1. The van der Waals surface area contributed by atoms with Crippen LogP contribution in [0.2, 0.25) is 19.6 Å². The van der Waals surface area contributed by atoms with Crippen LogP contribution in [-0.4, -0.2) is 14.3 Å². The Morgan fingerprint density at radius 3 is 1.90 bits per heavy atom. The summed E-state index contributed by atoms with van der Waals surface area (Å²) in [6, 6.07) is 6.49. The minimum absolute atomic E-state index is 0.478. The predicted molar refractivity (Wildman–Crippen MR) is 93.9 cm³/mol. The van der Waals surface area contributed by atoms with E-state index in [1.807, 2.05) is 0 Å². The molecule has 0 spiro atoms. The van der Waals surface area contributed by atoms with Gasteiger partial charge in [0.1, 0.15) is 8.07 Å². The monoisotopic (exact) mass is 285 g/mol. The molecule has 0 N–H and O–H groups in total. The fraction of sp³-hybridized carbons (Fsp3) is 0.500. The van der Waals surface area contributed by atoms with Crippen LogP contribution in [0.25, 0.3) is 0 Å². The largest absolute Gasteiger partial charge is 0.247 e. The third-order valence-corrected chi connectivity index (χ3v) is 3.94. The average Bonchev–Trinajstić information content (AvgIpc) is 2.32. The third kappa shape index (κ3) is 4.98. The summed E-state index contributed by atoms with van der Waals surface area (Å²) in [5.74, 6) is 4.08. The fourth-order valence-corrected chi connectivity index (χ4v) is 2.50. The number of para-hydroxylation sites is 1. The molecule has 0 aromatic heterocycles. The zero-order valence-electron chi connectivity index (χ0n) is 13.9. The predicted octanol–water partition coefficient (Wildman–Crippen LogP) is 5.52. The van der Waals surface area contributed by atoms with E-state index in [1.54, 1.807) is 6.21 Å². The lowest BCUT2D eigenvalue weighted by atomic mass is 9.93. The van der Waals surface area contributed by atoms with Crippen molar-refractivity contribution in [2.75, 3.05) is 0 Å². The molecule has 0 saturated carbocycles. The second kappa shape index (κ2) is 6.90. The fourth-order valence-electron chi connectivity index (χ4n) is 2.01. The Labute approximate surface area is 125 Å². The first-order chi connectivity index (χ1) is 9.22.